The number of allylic oxidation sites excluding steroid dienone is 1. The Morgan fingerprint density at radius 2 is 1.65 bits per heavy atom. The molecule has 338 valence electrons. The van der Waals surface area contributed by atoms with Crippen LogP contribution in [-0.4, -0.2) is 92.0 Å². The lowest BCUT2D eigenvalue weighted by atomic mass is 9.55. The van der Waals surface area contributed by atoms with Gasteiger partial charge in [-0.1, -0.05) is 116 Å². The number of ether oxygens (including phenoxy) is 4. The van der Waals surface area contributed by atoms with Crippen molar-refractivity contribution in [2.75, 3.05) is 47.1 Å². The summed E-state index contributed by atoms with van der Waals surface area (Å²) >= 11 is 0. The molecule has 0 aromatic heterocycles. The molecule has 4 rings (SSSR count). The summed E-state index contributed by atoms with van der Waals surface area (Å²) in [4.78, 5) is 34.1. The fourth-order valence-corrected chi connectivity index (χ4v) is 9.35. The minimum absolute atomic E-state index is 0.0412. The molecule has 1 fully saturated rings. The zero-order valence-electron chi connectivity index (χ0n) is 37.7. The average molecular weight is 840 g/mol. The second kappa shape index (κ2) is 24.7. The maximum absolute atomic E-state index is 13.9. The summed E-state index contributed by atoms with van der Waals surface area (Å²) in [5, 5.41) is 27.2. The first-order valence-corrected chi connectivity index (χ1v) is 22.9. The third kappa shape index (κ3) is 13.4. The Kier molecular flexibility index (Phi) is 20.2. The van der Waals surface area contributed by atoms with E-state index in [-0.39, 0.29) is 56.0 Å². The molecule has 1 saturated carbocycles. The lowest BCUT2D eigenvalue weighted by Gasteiger charge is -2.59. The predicted octanol–water partition coefficient (Wildman–Crippen LogP) is 10.1. The molecule has 1 aliphatic heterocycles. The summed E-state index contributed by atoms with van der Waals surface area (Å²) in [5.41, 5.74) is 2.25. The van der Waals surface area contributed by atoms with Gasteiger partial charge in [0, 0.05) is 44.7 Å². The van der Waals surface area contributed by atoms with E-state index >= 15 is 0 Å². The van der Waals surface area contributed by atoms with E-state index in [1.54, 1.807) is 24.1 Å². The number of likely N-dealkylation sites (N-methyl/N-ethyl adjacent to an activating group) is 1. The summed E-state index contributed by atoms with van der Waals surface area (Å²) in [6, 6.07) is 4.82. The maximum Gasteiger partial charge on any atom is 0.412 e. The Morgan fingerprint density at radius 1 is 0.983 bits per heavy atom. The number of aliphatic hydroxyl groups is 2. The van der Waals surface area contributed by atoms with Crippen LogP contribution in [0, 0.1) is 23.2 Å². The van der Waals surface area contributed by atoms with E-state index in [2.05, 4.69) is 30.1 Å². The highest BCUT2D eigenvalue weighted by Gasteiger charge is 2.65. The van der Waals surface area contributed by atoms with Crippen molar-refractivity contribution < 1.29 is 43.6 Å². The minimum Gasteiger partial charge on any atom is -0.459 e. The van der Waals surface area contributed by atoms with E-state index in [1.165, 1.54) is 58.5 Å². The molecule has 1 aromatic carbocycles. The first kappa shape index (κ1) is 49.0. The molecule has 6 atom stereocenters. The van der Waals surface area contributed by atoms with Crippen LogP contribution in [0.1, 0.15) is 148 Å². The second-order valence-corrected chi connectivity index (χ2v) is 18.2. The zero-order chi connectivity index (χ0) is 43.5. The van der Waals surface area contributed by atoms with E-state index in [4.69, 9.17) is 23.8 Å². The van der Waals surface area contributed by atoms with Gasteiger partial charge in [0.05, 0.1) is 24.8 Å². The van der Waals surface area contributed by atoms with Crippen molar-refractivity contribution >= 4 is 17.9 Å². The number of fused-ring (bicyclic) bond motifs is 2. The van der Waals surface area contributed by atoms with Crippen LogP contribution in [0.3, 0.4) is 0 Å². The number of carbonyl (C=O) groups excluding carboxylic acids is 2. The van der Waals surface area contributed by atoms with Crippen LogP contribution in [-0.2, 0) is 14.3 Å². The van der Waals surface area contributed by atoms with Crippen molar-refractivity contribution in [3.63, 3.8) is 0 Å². The van der Waals surface area contributed by atoms with Gasteiger partial charge >= 0.3 is 12.2 Å². The molecule has 0 saturated heterocycles. The third-order valence-electron chi connectivity index (χ3n) is 12.2. The molecule has 12 heteroatoms. The largest absolute Gasteiger partial charge is 0.459 e. The summed E-state index contributed by atoms with van der Waals surface area (Å²) in [6.07, 6.45) is 20.0. The van der Waals surface area contributed by atoms with Gasteiger partial charge in [0.15, 0.2) is 0 Å². The highest BCUT2D eigenvalue weighted by Crippen LogP contribution is 2.61. The minimum atomic E-state index is -1.39. The average Bonchev–Trinajstić information content (AvgIpc) is 3.22. The number of hydrogen-bond acceptors (Lipinski definition) is 10. The van der Waals surface area contributed by atoms with Crippen LogP contribution in [0.15, 0.2) is 47.7 Å². The number of aliphatic hydroxyl groups excluding tert-OH is 2. The Morgan fingerprint density at radius 3 is 2.28 bits per heavy atom. The fourth-order valence-electron chi connectivity index (χ4n) is 9.35. The van der Waals surface area contributed by atoms with Gasteiger partial charge in [-0.05, 0) is 73.1 Å². The molecule has 3 aliphatic rings. The number of unbranched alkanes of at least 4 members (excludes halogenated alkanes) is 11. The predicted molar refractivity (Wildman–Crippen MR) is 236 cm³/mol. The van der Waals surface area contributed by atoms with Crippen LogP contribution in [0.25, 0.3) is 0 Å². The Bertz CT molecular complexity index is 1560. The van der Waals surface area contributed by atoms with Gasteiger partial charge in [0.1, 0.15) is 24.7 Å². The molecule has 0 bridgehead atoms. The van der Waals surface area contributed by atoms with Gasteiger partial charge in [0.2, 0.25) is 5.79 Å². The van der Waals surface area contributed by atoms with E-state index in [1.807, 2.05) is 32.9 Å². The van der Waals surface area contributed by atoms with Gasteiger partial charge in [-0.15, -0.1) is 6.58 Å². The Balaban J connectivity index is 1.70. The number of benzene rings is 1. The number of carbonyl (C=O) groups is 2. The van der Waals surface area contributed by atoms with Crippen molar-refractivity contribution in [1.82, 2.24) is 10.2 Å². The molecule has 60 heavy (non-hydrogen) atoms. The molecule has 2 amide bonds. The van der Waals surface area contributed by atoms with Crippen LogP contribution in [0.5, 0.6) is 11.5 Å². The molecule has 3 N–H and O–H groups in total. The third-order valence-corrected chi connectivity index (χ3v) is 12.2. The number of nitrogens with zero attached hydrogens (tertiary/aromatic N) is 2. The number of hydrogen-bond donors (Lipinski definition) is 3. The Labute approximate surface area is 360 Å². The second-order valence-electron chi connectivity index (χ2n) is 18.2. The smallest absolute Gasteiger partial charge is 0.412 e. The molecule has 0 unspecified atom stereocenters. The number of rotatable bonds is 26. The van der Waals surface area contributed by atoms with Crippen LogP contribution < -0.4 is 14.8 Å². The van der Waals surface area contributed by atoms with Gasteiger partial charge in [-0.3, -0.25) is 0 Å². The molecule has 0 spiro atoms. The highest BCUT2D eigenvalue weighted by molar-refractivity contribution is 6.02. The summed E-state index contributed by atoms with van der Waals surface area (Å²) in [5.74, 6) is -0.992. The molecule has 1 heterocycles. The maximum atomic E-state index is 13.9. The standard InChI is InChI=1S/C48H77N3O9/c1-8-10-11-12-13-14-15-16-17-20-27-49-45(54)59-36-25-26-41-39(32-36)43-37(24-19-22-29-53)35(23-18-21-28-52)31-38-40(50-56-7)33-42(48(60-41,44(38)43)58-30-9-2)51(6)46(55)57-34-47(3,4)5/h9,25-26,31-32,35,37,42-44,52-53H,2,8,10-24,27-30,33-34H2,1,3-7H3,(H,49,54)/t35-,37+,42-,43+,44+,48+/m0/s1. The lowest BCUT2D eigenvalue weighted by Crippen LogP contribution is -2.69. The van der Waals surface area contributed by atoms with Gasteiger partial charge in [-0.2, -0.15) is 0 Å². The summed E-state index contributed by atoms with van der Waals surface area (Å²) < 4.78 is 25.8. The number of oxime groups is 1. The van der Waals surface area contributed by atoms with Crippen LogP contribution >= 0.6 is 0 Å². The first-order valence-electron chi connectivity index (χ1n) is 22.9. The Hall–Kier alpha value is -3.61. The molecule has 0 radical (unpaired) electrons. The molecular weight excluding hydrogens is 763 g/mol. The van der Waals surface area contributed by atoms with Gasteiger partial charge in [-0.25, -0.2) is 9.59 Å². The normalized spacial score (nSPS) is 23.8. The van der Waals surface area contributed by atoms with Crippen molar-refractivity contribution in [3.8, 4) is 11.5 Å². The van der Waals surface area contributed by atoms with Gasteiger partial charge in [0.25, 0.3) is 0 Å². The molecule has 12 nitrogen and oxygen atoms in total. The fraction of sp³-hybridized carbons (Fsp3) is 0.729. The summed E-state index contributed by atoms with van der Waals surface area (Å²) in [6.45, 7) is 13.4. The summed E-state index contributed by atoms with van der Waals surface area (Å²) in [7, 11) is 3.24. The highest BCUT2D eigenvalue weighted by atomic mass is 16.7. The number of nitrogens with one attached hydrogen (secondary N) is 1. The van der Waals surface area contributed by atoms with E-state index in [0.717, 1.165) is 49.7 Å². The topological polar surface area (TPSA) is 148 Å². The molecule has 1 aromatic rings. The first-order chi connectivity index (χ1) is 28.9. The van der Waals surface area contributed by atoms with E-state index in [9.17, 15) is 19.8 Å². The zero-order valence-corrected chi connectivity index (χ0v) is 37.7. The quantitative estimate of drug-likeness (QED) is 0.0471. The molecule has 2 aliphatic carbocycles. The lowest BCUT2D eigenvalue weighted by molar-refractivity contribution is -0.253. The van der Waals surface area contributed by atoms with Gasteiger partial charge < -0.3 is 44.2 Å². The van der Waals surface area contributed by atoms with Crippen LogP contribution in [0.4, 0.5) is 9.59 Å². The monoisotopic (exact) mass is 840 g/mol. The van der Waals surface area contributed by atoms with Crippen molar-refractivity contribution in [3.05, 3.63) is 48.1 Å². The number of amides is 2. The van der Waals surface area contributed by atoms with Crippen molar-refractivity contribution in [2.24, 2.45) is 28.3 Å². The SMILES string of the molecule is C=CCO[C@@]12Oc3ccc(OC(=O)NCCCCCCCCCCCC)cc3[C@H]3[C@H](CCCCO)[C@@H](CCCCO)C=C(C(=NOC)C[C@@H]1N(C)C(=O)OCC(C)(C)C)[C@H]32. The van der Waals surface area contributed by atoms with Crippen molar-refractivity contribution in [2.45, 2.75) is 155 Å². The van der Waals surface area contributed by atoms with Crippen molar-refractivity contribution in [1.29, 1.82) is 0 Å². The van der Waals surface area contributed by atoms with E-state index < -0.39 is 29.9 Å². The molecular formula is C48H77N3O9. The van der Waals surface area contributed by atoms with E-state index in [0.29, 0.717) is 36.6 Å². The van der Waals surface area contributed by atoms with Crippen LogP contribution in [0.2, 0.25) is 0 Å².